The summed E-state index contributed by atoms with van der Waals surface area (Å²) >= 11 is 1.64. The number of hydrogen-bond acceptors (Lipinski definition) is 5. The van der Waals surface area contributed by atoms with E-state index in [1.54, 1.807) is 23.6 Å². The number of benzene rings is 2. The van der Waals surface area contributed by atoms with Crippen molar-refractivity contribution in [3.63, 3.8) is 0 Å². The van der Waals surface area contributed by atoms with Crippen LogP contribution in [0.25, 0.3) is 0 Å². The van der Waals surface area contributed by atoms with Gasteiger partial charge in [0.2, 0.25) is 5.91 Å². The largest absolute Gasteiger partial charge is 0.490 e. The van der Waals surface area contributed by atoms with Crippen molar-refractivity contribution in [2.24, 2.45) is 0 Å². The molecule has 150 valence electrons. The Morgan fingerprint density at radius 3 is 2.61 bits per heavy atom. The lowest BCUT2D eigenvalue weighted by atomic mass is 10.1. The summed E-state index contributed by atoms with van der Waals surface area (Å²) in [4.78, 5) is 15.3. The minimum atomic E-state index is -0.621. The zero-order valence-electron chi connectivity index (χ0n) is 16.8. The average Bonchev–Trinajstić information content (AvgIpc) is 3.04. The maximum Gasteiger partial charge on any atom is 0.225 e. The summed E-state index contributed by atoms with van der Waals surface area (Å²) in [5.74, 6) is 0.681. The Hall–Kier alpha value is -2.02. The van der Waals surface area contributed by atoms with Crippen molar-refractivity contribution in [3.05, 3.63) is 54.1 Å². The van der Waals surface area contributed by atoms with Gasteiger partial charge in [0.15, 0.2) is 0 Å². The lowest BCUT2D eigenvalue weighted by molar-refractivity contribution is -0.116. The van der Waals surface area contributed by atoms with Crippen molar-refractivity contribution < 1.29 is 14.6 Å². The number of thioether (sulfide) groups is 1. The summed E-state index contributed by atoms with van der Waals surface area (Å²) in [6.07, 6.45) is -0.621. The van der Waals surface area contributed by atoms with Gasteiger partial charge < -0.3 is 15.2 Å². The molecule has 1 amide bonds. The fourth-order valence-corrected chi connectivity index (χ4v) is 4.45. The van der Waals surface area contributed by atoms with Crippen LogP contribution < -0.4 is 15.0 Å². The van der Waals surface area contributed by atoms with E-state index in [-0.39, 0.29) is 23.4 Å². The molecule has 0 saturated heterocycles. The maximum atomic E-state index is 12.4. The Bertz CT molecular complexity index is 835. The van der Waals surface area contributed by atoms with Crippen LogP contribution in [0.4, 0.5) is 5.69 Å². The number of para-hydroxylation sites is 2. The van der Waals surface area contributed by atoms with Crippen LogP contribution in [-0.2, 0) is 4.79 Å². The number of nitrogens with one attached hydrogen (secondary N) is 1. The number of nitrogens with zero attached hydrogens (tertiary/aromatic N) is 1. The van der Waals surface area contributed by atoms with E-state index in [0.717, 1.165) is 16.1 Å². The van der Waals surface area contributed by atoms with Crippen LogP contribution in [0.2, 0.25) is 0 Å². The number of aliphatic hydroxyl groups excluding tert-OH is 1. The lowest BCUT2D eigenvalue weighted by Gasteiger charge is -2.26. The van der Waals surface area contributed by atoms with E-state index in [0.29, 0.717) is 12.3 Å². The number of carbonyl (C=O) groups is 1. The number of carbonyl (C=O) groups excluding carboxylic acids is 1. The van der Waals surface area contributed by atoms with Crippen molar-refractivity contribution >= 4 is 23.4 Å². The number of β-amino-alcohol motifs (C(OH)–C–C–N with tert-alkyl or cyclic N) is 1. The van der Waals surface area contributed by atoms with Gasteiger partial charge in [-0.2, -0.15) is 0 Å². The highest BCUT2D eigenvalue weighted by Gasteiger charge is 2.35. The summed E-state index contributed by atoms with van der Waals surface area (Å²) < 4.78 is 5.96. The molecule has 3 rings (SSSR count). The Morgan fingerprint density at radius 1 is 1.21 bits per heavy atom. The minimum absolute atomic E-state index is 0.00772. The summed E-state index contributed by atoms with van der Waals surface area (Å²) in [5, 5.41) is 13.3. The first kappa shape index (κ1) is 20.7. The predicted molar refractivity (Wildman–Crippen MR) is 114 cm³/mol. The lowest BCUT2D eigenvalue weighted by Crippen LogP contribution is -2.42. The van der Waals surface area contributed by atoms with Crippen LogP contribution >= 0.6 is 11.8 Å². The molecule has 28 heavy (non-hydrogen) atoms. The molecule has 0 saturated carbocycles. The summed E-state index contributed by atoms with van der Waals surface area (Å²) in [5.41, 5.74) is 1.79. The summed E-state index contributed by atoms with van der Waals surface area (Å²) in [6, 6.07) is 15.6. The molecule has 1 aliphatic rings. The Kier molecular flexibility index (Phi) is 6.33. The molecule has 0 aromatic heterocycles. The third-order valence-corrected chi connectivity index (χ3v) is 5.71. The predicted octanol–water partition coefficient (Wildman–Crippen LogP) is 3.97. The third-order valence-electron chi connectivity index (χ3n) is 4.42. The van der Waals surface area contributed by atoms with E-state index in [1.165, 1.54) is 0 Å². The van der Waals surface area contributed by atoms with Gasteiger partial charge in [-0.25, -0.2) is 0 Å². The Balaban J connectivity index is 1.76. The molecule has 0 fully saturated rings. The molecule has 0 aliphatic carbocycles. The molecule has 0 radical (unpaired) electrons. The van der Waals surface area contributed by atoms with Crippen LogP contribution in [0.3, 0.4) is 0 Å². The quantitative estimate of drug-likeness (QED) is 0.768. The van der Waals surface area contributed by atoms with E-state index in [1.807, 2.05) is 48.5 Å². The molecular weight excluding hydrogens is 372 g/mol. The molecule has 2 atom stereocenters. The topological polar surface area (TPSA) is 61.8 Å². The van der Waals surface area contributed by atoms with Gasteiger partial charge >= 0.3 is 0 Å². The van der Waals surface area contributed by atoms with Crippen molar-refractivity contribution in [2.45, 2.75) is 49.6 Å². The number of amides is 1. The molecule has 2 unspecified atom stereocenters. The van der Waals surface area contributed by atoms with E-state index < -0.39 is 6.10 Å². The second kappa shape index (κ2) is 8.55. The second-order valence-corrected chi connectivity index (χ2v) is 9.08. The number of anilines is 1. The van der Waals surface area contributed by atoms with Gasteiger partial charge in [0.05, 0.1) is 5.69 Å². The van der Waals surface area contributed by atoms with Gasteiger partial charge in [0.25, 0.3) is 0 Å². The smallest absolute Gasteiger partial charge is 0.225 e. The van der Waals surface area contributed by atoms with E-state index in [9.17, 15) is 9.90 Å². The fourth-order valence-electron chi connectivity index (χ4n) is 3.08. The van der Waals surface area contributed by atoms with Gasteiger partial charge in [-0.15, -0.1) is 0 Å². The second-order valence-electron chi connectivity index (χ2n) is 7.96. The van der Waals surface area contributed by atoms with Crippen LogP contribution in [0, 0.1) is 0 Å². The zero-order chi connectivity index (χ0) is 20.3. The van der Waals surface area contributed by atoms with E-state index >= 15 is 0 Å². The molecular formula is C22H28N2O3S. The molecule has 6 heteroatoms. The van der Waals surface area contributed by atoms with Crippen molar-refractivity contribution in [1.82, 2.24) is 5.32 Å². The number of ether oxygens (including phenoxy) is 1. The SMILES string of the molecule is CC(=O)N1c2ccccc2SC1c1ccccc1OCC(O)CNC(C)(C)C. The molecule has 0 bridgehead atoms. The molecule has 2 aromatic carbocycles. The van der Waals surface area contributed by atoms with Crippen molar-refractivity contribution in [2.75, 3.05) is 18.1 Å². The first-order valence-corrected chi connectivity index (χ1v) is 10.3. The van der Waals surface area contributed by atoms with Gasteiger partial charge in [-0.1, -0.05) is 42.1 Å². The Labute approximate surface area is 171 Å². The van der Waals surface area contributed by atoms with Gasteiger partial charge in [-0.3, -0.25) is 9.69 Å². The highest BCUT2D eigenvalue weighted by Crippen LogP contribution is 2.52. The van der Waals surface area contributed by atoms with Crippen molar-refractivity contribution in [3.8, 4) is 5.75 Å². The van der Waals surface area contributed by atoms with Gasteiger partial charge in [0.1, 0.15) is 23.8 Å². The molecule has 5 nitrogen and oxygen atoms in total. The number of rotatable bonds is 6. The first-order chi connectivity index (χ1) is 13.3. The molecule has 1 heterocycles. The van der Waals surface area contributed by atoms with Crippen LogP contribution in [0.15, 0.2) is 53.4 Å². The molecule has 0 spiro atoms. The number of aliphatic hydroxyl groups is 1. The Morgan fingerprint density at radius 2 is 1.89 bits per heavy atom. The highest BCUT2D eigenvalue weighted by atomic mass is 32.2. The van der Waals surface area contributed by atoms with Gasteiger partial charge in [-0.05, 0) is 39.0 Å². The molecule has 1 aliphatic heterocycles. The normalized spacial score (nSPS) is 17.3. The van der Waals surface area contributed by atoms with Crippen LogP contribution in [0.5, 0.6) is 5.75 Å². The maximum absolute atomic E-state index is 12.4. The zero-order valence-corrected chi connectivity index (χ0v) is 17.6. The summed E-state index contributed by atoms with van der Waals surface area (Å²) in [7, 11) is 0. The number of hydrogen-bond donors (Lipinski definition) is 2. The molecule has 2 N–H and O–H groups in total. The fraction of sp³-hybridized carbons (Fsp3) is 0.409. The minimum Gasteiger partial charge on any atom is -0.490 e. The van der Waals surface area contributed by atoms with Crippen molar-refractivity contribution in [1.29, 1.82) is 0 Å². The third kappa shape index (κ3) is 4.87. The van der Waals surface area contributed by atoms with Crippen LogP contribution in [-0.4, -0.2) is 35.8 Å². The molecule has 2 aromatic rings. The van der Waals surface area contributed by atoms with Crippen LogP contribution in [0.1, 0.15) is 38.6 Å². The van der Waals surface area contributed by atoms with Gasteiger partial charge in [0, 0.05) is 29.5 Å². The van der Waals surface area contributed by atoms with E-state index in [4.69, 9.17) is 4.74 Å². The monoisotopic (exact) mass is 400 g/mol. The summed E-state index contributed by atoms with van der Waals surface area (Å²) in [6.45, 7) is 8.39. The number of fused-ring (bicyclic) bond motifs is 1. The van der Waals surface area contributed by atoms with E-state index in [2.05, 4.69) is 26.1 Å². The average molecular weight is 401 g/mol. The highest BCUT2D eigenvalue weighted by molar-refractivity contribution is 8.00. The first-order valence-electron chi connectivity index (χ1n) is 9.46. The standard InChI is InChI=1S/C22H28N2O3S/c1-15(25)24-18-10-6-8-12-20(18)28-21(24)17-9-5-7-11-19(17)27-14-16(26)13-23-22(2,3)4/h5-12,16,21,23,26H,13-14H2,1-4H3.